The number of methoxy groups -OCH3 is 1. The van der Waals surface area contributed by atoms with Crippen LogP contribution in [0.5, 0.6) is 11.5 Å². The summed E-state index contributed by atoms with van der Waals surface area (Å²) in [5.41, 5.74) is -0.654. The molecule has 2 fully saturated rings. The van der Waals surface area contributed by atoms with E-state index in [2.05, 4.69) is 0 Å². The number of phenolic OH excluding ortho intramolecular Hbond substituents is 2. The number of ether oxygens (including phenoxy) is 5. The fourth-order valence-electron chi connectivity index (χ4n) is 5.13. The lowest BCUT2D eigenvalue weighted by Crippen LogP contribution is -2.61. The largest absolute Gasteiger partial charge is 0.504 e. The van der Waals surface area contributed by atoms with Gasteiger partial charge in [0, 0.05) is 12.0 Å². The number of rotatable bonds is 7. The second kappa shape index (κ2) is 11.5. The number of fused-ring (bicyclic) bond motifs is 1. The highest BCUT2D eigenvalue weighted by atomic mass is 16.8. The molecular formula is C26H32O13. The SMILES string of the molecule is COC(=O)C1=CO[C@@H](O[C@@H]2O[C@H](COC(=O)/C=C/c3ccc(O)c(O)c3)[C@@H](O)[C@H](O)[C@H]2O)[C@H]2[C@@H]1CC[C@]2(C)O. The molecule has 9 atom stereocenters. The monoisotopic (exact) mass is 552 g/mol. The van der Waals surface area contributed by atoms with Crippen LogP contribution in [0.4, 0.5) is 0 Å². The second-order valence-electron chi connectivity index (χ2n) is 9.96. The van der Waals surface area contributed by atoms with Crippen LogP contribution in [0, 0.1) is 11.8 Å². The molecule has 39 heavy (non-hydrogen) atoms. The zero-order chi connectivity index (χ0) is 28.5. The van der Waals surface area contributed by atoms with Crippen LogP contribution in [0.25, 0.3) is 6.08 Å². The molecule has 0 amide bonds. The molecule has 4 rings (SSSR count). The molecule has 13 heteroatoms. The van der Waals surface area contributed by atoms with Crippen molar-refractivity contribution < 1.29 is 63.9 Å². The lowest BCUT2D eigenvalue weighted by atomic mass is 9.81. The van der Waals surface area contributed by atoms with Crippen LogP contribution in [-0.4, -0.2) is 98.9 Å². The van der Waals surface area contributed by atoms with Gasteiger partial charge < -0.3 is 54.3 Å². The molecule has 13 nitrogen and oxygen atoms in total. The Morgan fingerprint density at radius 1 is 1.10 bits per heavy atom. The average molecular weight is 553 g/mol. The first-order valence-corrected chi connectivity index (χ1v) is 12.3. The van der Waals surface area contributed by atoms with Gasteiger partial charge in [0.15, 0.2) is 17.8 Å². The van der Waals surface area contributed by atoms with Crippen LogP contribution < -0.4 is 0 Å². The Labute approximate surface area is 223 Å². The quantitative estimate of drug-likeness (QED) is 0.146. The van der Waals surface area contributed by atoms with Crippen molar-refractivity contribution in [2.45, 2.75) is 62.4 Å². The van der Waals surface area contributed by atoms with Crippen LogP contribution in [0.15, 0.2) is 36.1 Å². The summed E-state index contributed by atoms with van der Waals surface area (Å²) in [6.45, 7) is 1.06. The number of aromatic hydroxyl groups is 2. The number of hydrogen-bond donors (Lipinski definition) is 6. The number of aliphatic hydroxyl groups is 4. The maximum atomic E-state index is 12.2. The first-order chi connectivity index (χ1) is 18.4. The van der Waals surface area contributed by atoms with Gasteiger partial charge >= 0.3 is 11.9 Å². The summed E-state index contributed by atoms with van der Waals surface area (Å²) in [5.74, 6) is -3.32. The van der Waals surface area contributed by atoms with E-state index in [-0.39, 0.29) is 17.1 Å². The third kappa shape index (κ3) is 6.03. The molecule has 0 unspecified atom stereocenters. The summed E-state index contributed by atoms with van der Waals surface area (Å²) < 4.78 is 26.9. The van der Waals surface area contributed by atoms with Crippen LogP contribution in [-0.2, 0) is 33.3 Å². The van der Waals surface area contributed by atoms with E-state index >= 15 is 0 Å². The third-order valence-electron chi connectivity index (χ3n) is 7.29. The van der Waals surface area contributed by atoms with Gasteiger partial charge in [-0.2, -0.15) is 0 Å². The number of hydrogen-bond acceptors (Lipinski definition) is 13. The lowest BCUT2D eigenvalue weighted by molar-refractivity contribution is -0.346. The highest BCUT2D eigenvalue weighted by Gasteiger charge is 2.56. The van der Waals surface area contributed by atoms with E-state index in [0.717, 1.165) is 6.08 Å². The van der Waals surface area contributed by atoms with E-state index in [9.17, 15) is 40.2 Å². The van der Waals surface area contributed by atoms with E-state index in [4.69, 9.17) is 23.7 Å². The standard InChI is InChI=1S/C26H32O13/c1-26(34)8-7-13-14(23(33)35-2)10-37-24(19(13)26)39-25-22(32)21(31)20(30)17(38-25)11-36-18(29)6-4-12-3-5-15(27)16(28)9-12/h3-6,9-10,13,17,19-22,24-25,27-28,30-32,34H,7-8,11H2,1-2H3/b6-4+/t13-,17-,19-,20-,21+,22-,24+,25+,26+/m1/s1. The molecule has 0 spiro atoms. The molecule has 214 valence electrons. The van der Waals surface area contributed by atoms with E-state index in [0.29, 0.717) is 18.4 Å². The van der Waals surface area contributed by atoms with Crippen LogP contribution in [0.3, 0.4) is 0 Å². The minimum Gasteiger partial charge on any atom is -0.504 e. The highest BCUT2D eigenvalue weighted by Crippen LogP contribution is 2.49. The summed E-state index contributed by atoms with van der Waals surface area (Å²) in [4.78, 5) is 24.4. The first-order valence-electron chi connectivity index (χ1n) is 12.3. The first kappa shape index (κ1) is 28.8. The minimum atomic E-state index is -1.73. The Morgan fingerprint density at radius 3 is 2.54 bits per heavy atom. The summed E-state index contributed by atoms with van der Waals surface area (Å²) in [5, 5.41) is 61.1. The Kier molecular flexibility index (Phi) is 8.49. The molecule has 1 aromatic carbocycles. The Hall–Kier alpha value is -3.20. The molecule has 0 bridgehead atoms. The van der Waals surface area contributed by atoms with Crippen molar-refractivity contribution in [3.63, 3.8) is 0 Å². The molecule has 0 radical (unpaired) electrons. The van der Waals surface area contributed by atoms with Crippen molar-refractivity contribution >= 4 is 18.0 Å². The van der Waals surface area contributed by atoms with E-state index in [1.807, 2.05) is 0 Å². The van der Waals surface area contributed by atoms with Gasteiger partial charge in [0.05, 0.1) is 30.5 Å². The van der Waals surface area contributed by atoms with Gasteiger partial charge in [0.1, 0.15) is 31.0 Å². The maximum Gasteiger partial charge on any atom is 0.337 e. The third-order valence-corrected chi connectivity index (χ3v) is 7.29. The predicted octanol–water partition coefficient (Wildman–Crippen LogP) is -0.331. The Bertz CT molecular complexity index is 1130. The van der Waals surface area contributed by atoms with Gasteiger partial charge in [-0.15, -0.1) is 0 Å². The summed E-state index contributed by atoms with van der Waals surface area (Å²) in [6.07, 6.45) is -4.76. The molecule has 1 saturated carbocycles. The van der Waals surface area contributed by atoms with Gasteiger partial charge in [-0.25, -0.2) is 9.59 Å². The van der Waals surface area contributed by atoms with Gasteiger partial charge in [-0.3, -0.25) is 0 Å². The molecule has 3 aliphatic rings. The number of phenols is 2. The highest BCUT2D eigenvalue weighted by molar-refractivity contribution is 5.89. The smallest absolute Gasteiger partial charge is 0.337 e. The number of carbonyl (C=O) groups is 2. The van der Waals surface area contributed by atoms with Crippen molar-refractivity contribution in [2.75, 3.05) is 13.7 Å². The van der Waals surface area contributed by atoms with Gasteiger partial charge in [-0.05, 0) is 43.5 Å². The molecule has 1 aliphatic carbocycles. The molecule has 1 aromatic rings. The van der Waals surface area contributed by atoms with Crippen LogP contribution in [0.1, 0.15) is 25.3 Å². The van der Waals surface area contributed by atoms with E-state index in [1.165, 1.54) is 37.6 Å². The predicted molar refractivity (Wildman–Crippen MR) is 129 cm³/mol. The van der Waals surface area contributed by atoms with Gasteiger partial charge in [0.2, 0.25) is 6.29 Å². The number of carbonyl (C=O) groups excluding carboxylic acids is 2. The fraction of sp³-hybridized carbons (Fsp3) is 0.538. The maximum absolute atomic E-state index is 12.2. The van der Waals surface area contributed by atoms with Crippen molar-refractivity contribution in [3.8, 4) is 11.5 Å². The van der Waals surface area contributed by atoms with Gasteiger partial charge in [-0.1, -0.05) is 6.07 Å². The van der Waals surface area contributed by atoms with Crippen molar-refractivity contribution in [1.82, 2.24) is 0 Å². The minimum absolute atomic E-state index is 0.237. The van der Waals surface area contributed by atoms with Crippen molar-refractivity contribution in [3.05, 3.63) is 41.7 Å². The second-order valence-corrected chi connectivity index (χ2v) is 9.96. The molecule has 6 N–H and O–H groups in total. The zero-order valence-electron chi connectivity index (χ0n) is 21.2. The Balaban J connectivity index is 1.41. The lowest BCUT2D eigenvalue weighted by Gasteiger charge is -2.44. The van der Waals surface area contributed by atoms with E-state index in [1.54, 1.807) is 6.92 Å². The topological polar surface area (TPSA) is 202 Å². The normalized spacial score (nSPS) is 36.1. The number of aliphatic hydroxyl groups excluding tert-OH is 3. The van der Waals surface area contributed by atoms with E-state index < -0.39 is 73.0 Å². The number of benzene rings is 1. The van der Waals surface area contributed by atoms with Crippen LogP contribution in [0.2, 0.25) is 0 Å². The molecule has 2 heterocycles. The summed E-state index contributed by atoms with van der Waals surface area (Å²) in [7, 11) is 1.23. The summed E-state index contributed by atoms with van der Waals surface area (Å²) >= 11 is 0. The molecular weight excluding hydrogens is 520 g/mol. The van der Waals surface area contributed by atoms with Crippen LogP contribution >= 0.6 is 0 Å². The summed E-state index contributed by atoms with van der Waals surface area (Å²) in [6, 6.07) is 3.93. The average Bonchev–Trinajstić information content (AvgIpc) is 3.24. The molecule has 2 aliphatic heterocycles. The number of esters is 2. The van der Waals surface area contributed by atoms with Crippen molar-refractivity contribution in [1.29, 1.82) is 0 Å². The Morgan fingerprint density at radius 2 is 1.85 bits per heavy atom. The van der Waals surface area contributed by atoms with Gasteiger partial charge in [0.25, 0.3) is 0 Å². The fourth-order valence-corrected chi connectivity index (χ4v) is 5.13. The molecule has 0 aromatic heterocycles. The molecule has 1 saturated heterocycles. The zero-order valence-corrected chi connectivity index (χ0v) is 21.2. The van der Waals surface area contributed by atoms with Crippen molar-refractivity contribution in [2.24, 2.45) is 11.8 Å².